The van der Waals surface area contributed by atoms with Gasteiger partial charge in [0.05, 0.1) is 5.69 Å². The Labute approximate surface area is 138 Å². The molecule has 1 amide bonds. The first-order chi connectivity index (χ1) is 11.1. The normalized spacial score (nSPS) is 25.6. The summed E-state index contributed by atoms with van der Waals surface area (Å²) in [6, 6.07) is 0. The number of hydrogen-bond donors (Lipinski definition) is 1. The van der Waals surface area contributed by atoms with Gasteiger partial charge in [-0.05, 0) is 49.5 Å². The van der Waals surface area contributed by atoms with Crippen LogP contribution in [-0.4, -0.2) is 15.9 Å². The average Bonchev–Trinajstić information content (AvgIpc) is 2.89. The van der Waals surface area contributed by atoms with Gasteiger partial charge in [0.15, 0.2) is 0 Å². The lowest BCUT2D eigenvalue weighted by Gasteiger charge is -2.33. The molecule has 1 N–H and O–H groups in total. The lowest BCUT2D eigenvalue weighted by atomic mass is 9.73. The smallest absolute Gasteiger partial charge is 0.229 e. The molecule has 4 heteroatoms. The lowest BCUT2D eigenvalue weighted by Crippen LogP contribution is -2.23. The van der Waals surface area contributed by atoms with E-state index in [1.807, 2.05) is 0 Å². The number of aromatic nitrogens is 2. The fourth-order valence-electron chi connectivity index (χ4n) is 4.11. The topological polar surface area (TPSA) is 54.9 Å². The molecule has 2 aliphatic rings. The van der Waals surface area contributed by atoms with Gasteiger partial charge in [-0.3, -0.25) is 10.1 Å². The van der Waals surface area contributed by atoms with Crippen LogP contribution >= 0.6 is 0 Å². The van der Waals surface area contributed by atoms with E-state index in [1.54, 1.807) is 0 Å². The van der Waals surface area contributed by atoms with Crippen molar-refractivity contribution in [2.24, 2.45) is 5.92 Å². The van der Waals surface area contributed by atoms with Crippen molar-refractivity contribution < 1.29 is 4.79 Å². The number of anilines is 1. The maximum Gasteiger partial charge on any atom is 0.229 e. The number of aryl methyl sites for hydroxylation is 1. The number of nitrogens with zero attached hydrogens (tertiary/aromatic N) is 2. The Morgan fingerprint density at radius 1 is 1.35 bits per heavy atom. The van der Waals surface area contributed by atoms with Crippen LogP contribution in [0.25, 0.3) is 0 Å². The van der Waals surface area contributed by atoms with Crippen LogP contribution < -0.4 is 5.32 Å². The van der Waals surface area contributed by atoms with Crippen molar-refractivity contribution in [3.63, 3.8) is 0 Å². The van der Waals surface area contributed by atoms with Crippen molar-refractivity contribution in [3.8, 4) is 0 Å². The second-order valence-electron chi connectivity index (χ2n) is 7.02. The summed E-state index contributed by atoms with van der Waals surface area (Å²) in [6.07, 6.45) is 11.4. The molecule has 0 bridgehead atoms. The van der Waals surface area contributed by atoms with E-state index >= 15 is 0 Å². The Balaban J connectivity index is 1.93. The predicted octanol–water partition coefficient (Wildman–Crippen LogP) is 4.33. The van der Waals surface area contributed by atoms with Crippen molar-refractivity contribution in [1.82, 2.24) is 9.97 Å². The summed E-state index contributed by atoms with van der Waals surface area (Å²) in [7, 11) is 0. The molecule has 124 valence electrons. The van der Waals surface area contributed by atoms with Crippen LogP contribution in [0.3, 0.4) is 0 Å². The van der Waals surface area contributed by atoms with Crippen LogP contribution in [0.5, 0.6) is 0 Å². The van der Waals surface area contributed by atoms with E-state index in [2.05, 4.69) is 36.3 Å². The van der Waals surface area contributed by atoms with Crippen LogP contribution in [0.15, 0.2) is 12.2 Å². The summed E-state index contributed by atoms with van der Waals surface area (Å²) in [4.78, 5) is 20.7. The third-order valence-electron chi connectivity index (χ3n) is 5.19. The molecule has 2 aliphatic carbocycles. The van der Waals surface area contributed by atoms with Crippen molar-refractivity contribution in [3.05, 3.63) is 29.1 Å². The van der Waals surface area contributed by atoms with Gasteiger partial charge in [0.25, 0.3) is 0 Å². The minimum absolute atomic E-state index is 0.102. The Kier molecular flexibility index (Phi) is 4.79. The Hall–Kier alpha value is -1.71. The van der Waals surface area contributed by atoms with Crippen LogP contribution in [0.4, 0.5) is 5.95 Å². The Morgan fingerprint density at radius 2 is 2.17 bits per heavy atom. The zero-order valence-electron chi connectivity index (χ0n) is 14.4. The van der Waals surface area contributed by atoms with Gasteiger partial charge in [0, 0.05) is 18.5 Å². The molecular weight excluding hydrogens is 286 g/mol. The quantitative estimate of drug-likeness (QED) is 0.823. The molecule has 0 aromatic carbocycles. The van der Waals surface area contributed by atoms with Gasteiger partial charge < -0.3 is 0 Å². The average molecular weight is 313 g/mol. The number of carbonyl (C=O) groups is 1. The fourth-order valence-corrected chi connectivity index (χ4v) is 4.11. The molecule has 3 rings (SSSR count). The van der Waals surface area contributed by atoms with E-state index in [4.69, 9.17) is 4.98 Å². The Bertz CT molecular complexity index is 623. The molecule has 0 saturated carbocycles. The number of allylic oxidation sites excluding steroid dienone is 2. The summed E-state index contributed by atoms with van der Waals surface area (Å²) in [6.45, 7) is 6.06. The molecular formula is C19H27N3O. The first-order valence-corrected chi connectivity index (χ1v) is 8.93. The van der Waals surface area contributed by atoms with Crippen molar-refractivity contribution in [1.29, 1.82) is 0 Å². The van der Waals surface area contributed by atoms with Gasteiger partial charge >= 0.3 is 0 Å². The van der Waals surface area contributed by atoms with Gasteiger partial charge in [0.2, 0.25) is 11.9 Å². The first kappa shape index (κ1) is 16.2. The number of carbonyl (C=O) groups excluding carboxylic acids is 1. The van der Waals surface area contributed by atoms with Gasteiger partial charge in [0.1, 0.15) is 0 Å². The maximum absolute atomic E-state index is 11.4. The van der Waals surface area contributed by atoms with E-state index in [1.165, 1.54) is 37.4 Å². The van der Waals surface area contributed by atoms with Gasteiger partial charge in [-0.15, -0.1) is 0 Å². The number of hydrogen-bond acceptors (Lipinski definition) is 3. The van der Waals surface area contributed by atoms with Crippen LogP contribution in [0.1, 0.15) is 81.7 Å². The molecule has 1 aromatic heterocycles. The molecule has 0 radical (unpaired) electrons. The fraction of sp³-hybridized carbons (Fsp3) is 0.632. The number of unbranched alkanes of at least 4 members (excludes halogenated alkanes) is 1. The first-order valence-electron chi connectivity index (χ1n) is 8.93. The minimum atomic E-state index is -0.102. The van der Waals surface area contributed by atoms with Crippen molar-refractivity contribution >= 4 is 11.9 Å². The lowest BCUT2D eigenvalue weighted by molar-refractivity contribution is -0.114. The zero-order chi connectivity index (χ0) is 16.4. The minimum Gasteiger partial charge on any atom is -0.295 e. The summed E-state index contributed by atoms with van der Waals surface area (Å²) < 4.78 is 0. The van der Waals surface area contributed by atoms with Crippen molar-refractivity contribution in [2.45, 2.75) is 71.1 Å². The van der Waals surface area contributed by atoms with Crippen LogP contribution in [0.2, 0.25) is 0 Å². The third kappa shape index (κ3) is 3.31. The summed E-state index contributed by atoms with van der Waals surface area (Å²) in [5, 5.41) is 2.78. The van der Waals surface area contributed by atoms with E-state index in [0.717, 1.165) is 25.0 Å². The highest BCUT2D eigenvalue weighted by Crippen LogP contribution is 2.49. The summed E-state index contributed by atoms with van der Waals surface area (Å²) in [5.74, 6) is 2.09. The van der Waals surface area contributed by atoms with E-state index in [0.29, 0.717) is 23.7 Å². The van der Waals surface area contributed by atoms with Crippen molar-refractivity contribution in [2.75, 3.05) is 5.32 Å². The number of rotatable bonds is 5. The molecule has 4 nitrogen and oxygen atoms in total. The molecule has 0 saturated heterocycles. The zero-order valence-corrected chi connectivity index (χ0v) is 14.4. The van der Waals surface area contributed by atoms with Gasteiger partial charge in [-0.25, -0.2) is 9.97 Å². The number of nitrogens with one attached hydrogen (secondary N) is 1. The molecule has 0 fully saturated rings. The second-order valence-corrected chi connectivity index (χ2v) is 7.02. The van der Waals surface area contributed by atoms with E-state index < -0.39 is 0 Å². The monoisotopic (exact) mass is 313 g/mol. The molecule has 0 spiro atoms. The highest BCUT2D eigenvalue weighted by Gasteiger charge is 2.38. The largest absolute Gasteiger partial charge is 0.295 e. The molecule has 3 atom stereocenters. The second kappa shape index (κ2) is 6.81. The van der Waals surface area contributed by atoms with Crippen LogP contribution in [-0.2, 0) is 11.2 Å². The SMILES string of the molecule is CCCC=CC[C@@H]1c2nc(NC(C)=O)nc3c2[C@@H](CC3)C[C@H]1C. The van der Waals surface area contributed by atoms with Gasteiger partial charge in [-0.1, -0.05) is 32.4 Å². The number of amides is 1. The molecule has 23 heavy (non-hydrogen) atoms. The highest BCUT2D eigenvalue weighted by molar-refractivity contribution is 5.86. The molecule has 1 heterocycles. The molecule has 0 aliphatic heterocycles. The predicted molar refractivity (Wildman–Crippen MR) is 92.6 cm³/mol. The molecule has 1 aromatic rings. The van der Waals surface area contributed by atoms with E-state index in [-0.39, 0.29) is 5.91 Å². The van der Waals surface area contributed by atoms with E-state index in [9.17, 15) is 4.79 Å². The standard InChI is InChI=1S/C19H27N3O/c1-4-5-6-7-8-15-12(2)11-14-9-10-16-17(14)18(15)22-19(21-16)20-13(3)23/h6-7,12,14-15H,4-5,8-11H2,1-3H3,(H,20,21,22,23)/t12-,14+,15+/m1/s1. The summed E-state index contributed by atoms with van der Waals surface area (Å²) in [5.41, 5.74) is 3.76. The maximum atomic E-state index is 11.4. The van der Waals surface area contributed by atoms with Gasteiger partial charge in [-0.2, -0.15) is 0 Å². The summed E-state index contributed by atoms with van der Waals surface area (Å²) >= 11 is 0. The Morgan fingerprint density at radius 3 is 2.91 bits per heavy atom. The third-order valence-corrected chi connectivity index (χ3v) is 5.19. The molecule has 0 unspecified atom stereocenters. The highest BCUT2D eigenvalue weighted by atomic mass is 16.1. The van der Waals surface area contributed by atoms with Crippen LogP contribution in [0, 0.1) is 5.92 Å².